The van der Waals surface area contributed by atoms with Gasteiger partial charge in [-0.05, 0) is 49.8 Å². The minimum atomic E-state index is -1.09. The third kappa shape index (κ3) is 8.07. The van der Waals surface area contributed by atoms with E-state index in [1.807, 2.05) is 0 Å². The Hall–Kier alpha value is -4.54. The number of ether oxygens (including phenoxy) is 1. The summed E-state index contributed by atoms with van der Waals surface area (Å²) in [5.74, 6) is -0.792. The van der Waals surface area contributed by atoms with Gasteiger partial charge in [0.05, 0.1) is 12.1 Å². The molecule has 3 amide bonds. The number of carboxylic acids is 1. The Morgan fingerprint density at radius 2 is 1.89 bits per heavy atom. The summed E-state index contributed by atoms with van der Waals surface area (Å²) >= 11 is 0. The number of imide groups is 1. The van der Waals surface area contributed by atoms with Gasteiger partial charge in [0.2, 0.25) is 18.2 Å². The molecule has 2 aromatic rings. The van der Waals surface area contributed by atoms with Crippen molar-refractivity contribution in [1.29, 1.82) is 0 Å². The number of nitrogens with one attached hydrogen (secondary N) is 1. The molecule has 0 saturated heterocycles. The zero-order valence-electron chi connectivity index (χ0n) is 19.7. The summed E-state index contributed by atoms with van der Waals surface area (Å²) in [4.78, 5) is 45.3. The summed E-state index contributed by atoms with van der Waals surface area (Å²) in [6.45, 7) is 3.42. The van der Waals surface area contributed by atoms with Crippen LogP contribution in [0.1, 0.15) is 29.8 Å². The molecule has 0 spiro atoms. The number of aliphatic imine (C=N–C) groups is 1. The molecule has 0 aliphatic heterocycles. The molecule has 0 aliphatic rings. The molecule has 0 saturated carbocycles. The van der Waals surface area contributed by atoms with Crippen molar-refractivity contribution in [3.05, 3.63) is 83.1 Å². The van der Waals surface area contributed by atoms with Crippen LogP contribution in [-0.2, 0) is 11.3 Å². The van der Waals surface area contributed by atoms with Crippen molar-refractivity contribution in [2.75, 3.05) is 14.1 Å². The predicted octanol–water partition coefficient (Wildman–Crippen LogP) is 3.39. The Labute approximate surface area is 202 Å². The molecule has 184 valence electrons. The molecule has 1 aromatic heterocycles. The maximum atomic E-state index is 13.3. The number of pyridine rings is 1. The number of amides is 3. The highest BCUT2D eigenvalue weighted by atomic mass is 19.1. The fraction of sp³-hybridized carbons (Fsp3) is 0.208. The molecule has 0 unspecified atom stereocenters. The van der Waals surface area contributed by atoms with Crippen molar-refractivity contribution in [2.45, 2.75) is 20.4 Å². The number of hydrogen-bond acceptors (Lipinski definition) is 6. The van der Waals surface area contributed by atoms with Crippen LogP contribution >= 0.6 is 0 Å². The van der Waals surface area contributed by atoms with Crippen LogP contribution < -0.4 is 10.1 Å². The lowest BCUT2D eigenvalue weighted by Crippen LogP contribution is -2.48. The number of aromatic nitrogens is 1. The second-order valence-electron chi connectivity index (χ2n) is 7.30. The van der Waals surface area contributed by atoms with Crippen LogP contribution in [0.3, 0.4) is 0 Å². The van der Waals surface area contributed by atoms with Crippen LogP contribution in [0.15, 0.2) is 71.2 Å². The van der Waals surface area contributed by atoms with E-state index in [1.165, 1.54) is 61.6 Å². The number of halogens is 1. The Morgan fingerprint density at radius 1 is 1.20 bits per heavy atom. The van der Waals surface area contributed by atoms with Gasteiger partial charge in [-0.2, -0.15) is 0 Å². The SMILES string of the molecule is CN=C(N/C(C)=C/C=C(\C)Oc1cc(C(=O)O)ccn1)N(Cc1ccc(F)cc1)C(=O)N(C)C=O. The Balaban J connectivity index is 2.19. The molecule has 2 rings (SSSR count). The molecule has 10 nitrogen and oxygen atoms in total. The number of urea groups is 1. The lowest BCUT2D eigenvalue weighted by Gasteiger charge is -2.27. The minimum absolute atomic E-state index is 0.0355. The largest absolute Gasteiger partial charge is 0.478 e. The molecule has 1 aromatic carbocycles. The van der Waals surface area contributed by atoms with Gasteiger partial charge in [-0.15, -0.1) is 0 Å². The molecular formula is C24H26FN5O5. The molecule has 1 heterocycles. The van der Waals surface area contributed by atoms with Gasteiger partial charge in [-0.3, -0.25) is 19.6 Å². The van der Waals surface area contributed by atoms with E-state index in [2.05, 4.69) is 15.3 Å². The van der Waals surface area contributed by atoms with Crippen molar-refractivity contribution in [3.63, 3.8) is 0 Å². The molecule has 2 N–H and O–H groups in total. The lowest BCUT2D eigenvalue weighted by molar-refractivity contribution is -0.115. The summed E-state index contributed by atoms with van der Waals surface area (Å²) in [6.07, 6.45) is 4.99. The van der Waals surface area contributed by atoms with Gasteiger partial charge >= 0.3 is 12.0 Å². The lowest BCUT2D eigenvalue weighted by atomic mass is 10.2. The Kier molecular flexibility index (Phi) is 9.64. The van der Waals surface area contributed by atoms with Gasteiger partial charge < -0.3 is 15.2 Å². The van der Waals surface area contributed by atoms with Crippen LogP contribution in [0.2, 0.25) is 0 Å². The van der Waals surface area contributed by atoms with Crippen molar-refractivity contribution in [2.24, 2.45) is 4.99 Å². The zero-order chi connectivity index (χ0) is 26.0. The smallest absolute Gasteiger partial charge is 0.335 e. The zero-order valence-corrected chi connectivity index (χ0v) is 19.7. The number of nitrogens with zero attached hydrogens (tertiary/aromatic N) is 4. The van der Waals surface area contributed by atoms with E-state index in [0.717, 1.165) is 4.90 Å². The fourth-order valence-electron chi connectivity index (χ4n) is 2.74. The van der Waals surface area contributed by atoms with Gasteiger partial charge in [0.1, 0.15) is 11.6 Å². The standard InChI is InChI=1S/C24H26FN5O5/c1-16(5-6-17(2)35-21-13-19(22(32)33)11-12-27-21)28-23(26-3)30(24(34)29(4)15-31)14-18-7-9-20(25)10-8-18/h5-13,15H,14H2,1-4H3,(H,26,28)(H,32,33)/b16-5+,17-6+. The molecule has 0 aliphatic carbocycles. The van der Waals surface area contributed by atoms with E-state index in [9.17, 15) is 18.8 Å². The van der Waals surface area contributed by atoms with Gasteiger partial charge in [-0.25, -0.2) is 19.0 Å². The molecular weight excluding hydrogens is 457 g/mol. The molecule has 0 fully saturated rings. The Bertz CT molecular complexity index is 1160. The first-order valence-corrected chi connectivity index (χ1v) is 10.3. The molecule has 0 atom stereocenters. The number of aromatic carboxylic acids is 1. The van der Waals surface area contributed by atoms with E-state index < -0.39 is 17.8 Å². The van der Waals surface area contributed by atoms with Gasteiger partial charge in [0.25, 0.3) is 0 Å². The van der Waals surface area contributed by atoms with E-state index >= 15 is 0 Å². The summed E-state index contributed by atoms with van der Waals surface area (Å²) < 4.78 is 18.8. The molecule has 0 bridgehead atoms. The third-order valence-electron chi connectivity index (χ3n) is 4.54. The normalized spacial score (nSPS) is 12.1. The highest BCUT2D eigenvalue weighted by Gasteiger charge is 2.23. The van der Waals surface area contributed by atoms with E-state index in [0.29, 0.717) is 23.4 Å². The summed E-state index contributed by atoms with van der Waals surface area (Å²) in [6, 6.07) is 7.64. The van der Waals surface area contributed by atoms with Crippen LogP contribution in [0.25, 0.3) is 0 Å². The van der Waals surface area contributed by atoms with Gasteiger partial charge in [0.15, 0.2) is 0 Å². The number of hydrogen-bond donors (Lipinski definition) is 2. The number of allylic oxidation sites excluding steroid dienone is 4. The molecule has 0 radical (unpaired) electrons. The van der Waals surface area contributed by atoms with Crippen molar-refractivity contribution in [3.8, 4) is 5.88 Å². The minimum Gasteiger partial charge on any atom is -0.478 e. The van der Waals surface area contributed by atoms with Crippen LogP contribution in [0.4, 0.5) is 9.18 Å². The average molecular weight is 484 g/mol. The number of carbonyl (C=O) groups is 3. The first kappa shape index (κ1) is 26.7. The van der Waals surface area contributed by atoms with E-state index in [1.54, 1.807) is 26.0 Å². The van der Waals surface area contributed by atoms with Gasteiger partial charge in [-0.1, -0.05) is 12.1 Å². The summed E-state index contributed by atoms with van der Waals surface area (Å²) in [7, 11) is 2.80. The van der Waals surface area contributed by atoms with Crippen molar-refractivity contribution >= 4 is 24.4 Å². The van der Waals surface area contributed by atoms with Crippen LogP contribution in [-0.4, -0.2) is 58.4 Å². The summed E-state index contributed by atoms with van der Waals surface area (Å²) in [5, 5.41) is 12.1. The number of carbonyl (C=O) groups excluding carboxylic acids is 2. The number of guanidine groups is 1. The maximum Gasteiger partial charge on any atom is 0.335 e. The topological polar surface area (TPSA) is 124 Å². The molecule has 35 heavy (non-hydrogen) atoms. The first-order chi connectivity index (χ1) is 16.6. The highest BCUT2D eigenvalue weighted by Crippen LogP contribution is 2.13. The third-order valence-corrected chi connectivity index (χ3v) is 4.54. The fourth-order valence-corrected chi connectivity index (χ4v) is 2.74. The summed E-state index contributed by atoms with van der Waals surface area (Å²) in [5.41, 5.74) is 1.25. The van der Waals surface area contributed by atoms with E-state index in [-0.39, 0.29) is 23.9 Å². The average Bonchev–Trinajstić information content (AvgIpc) is 2.85. The number of rotatable bonds is 8. The maximum absolute atomic E-state index is 13.3. The van der Waals surface area contributed by atoms with Crippen LogP contribution in [0, 0.1) is 5.82 Å². The van der Waals surface area contributed by atoms with Crippen LogP contribution in [0.5, 0.6) is 5.88 Å². The predicted molar refractivity (Wildman–Crippen MR) is 127 cm³/mol. The second kappa shape index (κ2) is 12.6. The Morgan fingerprint density at radius 3 is 2.49 bits per heavy atom. The van der Waals surface area contributed by atoms with Gasteiger partial charge in [0, 0.05) is 32.1 Å². The van der Waals surface area contributed by atoms with E-state index in [4.69, 9.17) is 9.84 Å². The monoisotopic (exact) mass is 483 g/mol. The molecule has 11 heteroatoms. The number of benzene rings is 1. The highest BCUT2D eigenvalue weighted by molar-refractivity contribution is 5.99. The quantitative estimate of drug-likeness (QED) is 0.194. The first-order valence-electron chi connectivity index (χ1n) is 10.3. The van der Waals surface area contributed by atoms with Crippen molar-refractivity contribution in [1.82, 2.24) is 20.1 Å². The van der Waals surface area contributed by atoms with Crippen molar-refractivity contribution < 1.29 is 28.6 Å². The second-order valence-corrected chi connectivity index (χ2v) is 7.30. The number of carboxylic acid groups (broad SMARTS) is 1.